The lowest BCUT2D eigenvalue weighted by molar-refractivity contribution is 0.102. The number of thioether (sulfide) groups is 1. The fraction of sp³-hybridized carbons (Fsp3) is 0.0455. The molecule has 4 rings (SSSR count). The smallest absolute Gasteiger partial charge is 0.255 e. The fourth-order valence-corrected chi connectivity index (χ4v) is 3.64. The normalized spacial score (nSPS) is 10.8. The maximum atomic E-state index is 12.6. The van der Waals surface area contributed by atoms with Crippen LogP contribution in [-0.4, -0.2) is 22.1 Å². The lowest BCUT2D eigenvalue weighted by atomic mass is 10.0. The van der Waals surface area contributed by atoms with Gasteiger partial charge in [-0.1, -0.05) is 54.1 Å². The lowest BCUT2D eigenvalue weighted by Gasteiger charge is -2.08. The second-order valence-electron chi connectivity index (χ2n) is 6.12. The van der Waals surface area contributed by atoms with Crippen molar-refractivity contribution in [2.24, 2.45) is 0 Å². The molecule has 1 N–H and O–H groups in total. The van der Waals surface area contributed by atoms with E-state index >= 15 is 0 Å². The highest BCUT2D eigenvalue weighted by Gasteiger charge is 2.10. The molecule has 1 amide bonds. The third kappa shape index (κ3) is 3.86. The van der Waals surface area contributed by atoms with Crippen LogP contribution in [0.5, 0.6) is 0 Å². The fourth-order valence-electron chi connectivity index (χ4n) is 2.87. The van der Waals surface area contributed by atoms with Gasteiger partial charge in [-0.15, -0.1) is 11.8 Å². The Bertz CT molecular complexity index is 1150. The van der Waals surface area contributed by atoms with Crippen molar-refractivity contribution in [1.82, 2.24) is 9.97 Å². The first kappa shape index (κ1) is 18.5. The summed E-state index contributed by atoms with van der Waals surface area (Å²) in [6.45, 7) is 0. The number of hydrogen-bond donors (Lipinski definition) is 1. The number of rotatable bonds is 4. The minimum Gasteiger partial charge on any atom is -0.322 e. The zero-order valence-electron chi connectivity index (χ0n) is 15.0. The Balaban J connectivity index is 1.55. The van der Waals surface area contributed by atoms with Gasteiger partial charge in [0.2, 0.25) is 0 Å². The molecular formula is C22H16ClN3OS. The Morgan fingerprint density at radius 3 is 2.32 bits per heavy atom. The predicted molar refractivity (Wildman–Crippen MR) is 116 cm³/mol. The molecule has 0 aliphatic heterocycles. The van der Waals surface area contributed by atoms with Gasteiger partial charge in [0.1, 0.15) is 5.03 Å². The summed E-state index contributed by atoms with van der Waals surface area (Å²) in [6.07, 6.45) is 1.90. The van der Waals surface area contributed by atoms with Crippen LogP contribution in [0.25, 0.3) is 22.2 Å². The molecule has 0 radical (unpaired) electrons. The van der Waals surface area contributed by atoms with E-state index in [1.807, 2.05) is 60.9 Å². The third-order valence-electron chi connectivity index (χ3n) is 4.30. The molecule has 0 fully saturated rings. The van der Waals surface area contributed by atoms with Gasteiger partial charge in [0, 0.05) is 11.3 Å². The molecule has 0 spiro atoms. The summed E-state index contributed by atoms with van der Waals surface area (Å²) in [7, 11) is 0. The second kappa shape index (κ2) is 8.00. The largest absolute Gasteiger partial charge is 0.322 e. The average Bonchev–Trinajstić information content (AvgIpc) is 2.74. The third-order valence-corrected chi connectivity index (χ3v) is 5.34. The van der Waals surface area contributed by atoms with Gasteiger partial charge < -0.3 is 5.32 Å². The van der Waals surface area contributed by atoms with Crippen LogP contribution in [0.2, 0.25) is 5.15 Å². The molecule has 0 bridgehead atoms. The van der Waals surface area contributed by atoms with Gasteiger partial charge in [-0.2, -0.15) is 0 Å². The Kier molecular flexibility index (Phi) is 5.28. The molecule has 1 heterocycles. The first-order valence-corrected chi connectivity index (χ1v) is 10.2. The number of nitrogens with one attached hydrogen (secondary N) is 1. The minimum atomic E-state index is -0.175. The zero-order chi connectivity index (χ0) is 19.5. The zero-order valence-corrected chi connectivity index (χ0v) is 16.6. The number of anilines is 1. The van der Waals surface area contributed by atoms with Crippen molar-refractivity contribution in [3.63, 3.8) is 0 Å². The molecule has 0 saturated carbocycles. The number of carbonyl (C=O) groups excluding carboxylic acids is 1. The Morgan fingerprint density at radius 1 is 0.893 bits per heavy atom. The Morgan fingerprint density at radius 2 is 1.61 bits per heavy atom. The lowest BCUT2D eigenvalue weighted by Crippen LogP contribution is -2.11. The maximum Gasteiger partial charge on any atom is 0.255 e. The van der Waals surface area contributed by atoms with E-state index in [2.05, 4.69) is 15.3 Å². The quantitative estimate of drug-likeness (QED) is 0.428. The number of aromatic nitrogens is 2. The second-order valence-corrected chi connectivity index (χ2v) is 7.28. The average molecular weight is 406 g/mol. The van der Waals surface area contributed by atoms with Crippen LogP contribution >= 0.6 is 23.4 Å². The molecule has 0 aliphatic carbocycles. The van der Waals surface area contributed by atoms with E-state index in [4.69, 9.17) is 11.6 Å². The van der Waals surface area contributed by atoms with Gasteiger partial charge >= 0.3 is 0 Å². The van der Waals surface area contributed by atoms with Gasteiger partial charge in [0.05, 0.1) is 11.0 Å². The monoisotopic (exact) mass is 405 g/mol. The van der Waals surface area contributed by atoms with Crippen molar-refractivity contribution in [2.75, 3.05) is 11.6 Å². The van der Waals surface area contributed by atoms with Crippen molar-refractivity contribution in [2.45, 2.75) is 5.03 Å². The van der Waals surface area contributed by atoms with Crippen molar-refractivity contribution >= 4 is 46.0 Å². The highest BCUT2D eigenvalue weighted by molar-refractivity contribution is 7.98. The highest BCUT2D eigenvalue weighted by Crippen LogP contribution is 2.26. The van der Waals surface area contributed by atoms with Crippen LogP contribution in [-0.2, 0) is 0 Å². The van der Waals surface area contributed by atoms with Crippen molar-refractivity contribution in [1.29, 1.82) is 0 Å². The summed E-state index contributed by atoms with van der Waals surface area (Å²) in [5, 5.41) is 3.96. The molecule has 138 valence electrons. The van der Waals surface area contributed by atoms with E-state index in [-0.39, 0.29) is 5.91 Å². The number of carbonyl (C=O) groups is 1. The summed E-state index contributed by atoms with van der Waals surface area (Å²) in [5.41, 5.74) is 4.81. The van der Waals surface area contributed by atoms with Crippen LogP contribution in [0, 0.1) is 0 Å². The molecule has 0 atom stereocenters. The molecule has 0 saturated heterocycles. The Labute approximate surface area is 172 Å². The maximum absolute atomic E-state index is 12.6. The first-order chi connectivity index (χ1) is 13.6. The van der Waals surface area contributed by atoms with Gasteiger partial charge in [0.15, 0.2) is 5.15 Å². The molecule has 4 aromatic rings. The van der Waals surface area contributed by atoms with Crippen LogP contribution < -0.4 is 5.32 Å². The van der Waals surface area contributed by atoms with Crippen molar-refractivity contribution in [3.05, 3.63) is 83.5 Å². The van der Waals surface area contributed by atoms with E-state index in [0.29, 0.717) is 32.5 Å². The number of halogens is 1. The molecular weight excluding hydrogens is 390 g/mol. The standard InChI is InChI=1S/C22H16ClN3OS/c1-28-22-20(23)25-18-12-11-17(13-19(18)26-22)24-21(27)16-9-7-15(8-10-16)14-5-3-2-4-6-14/h2-13H,1H3,(H,24,27). The molecule has 28 heavy (non-hydrogen) atoms. The summed E-state index contributed by atoms with van der Waals surface area (Å²) in [4.78, 5) is 21.4. The number of amides is 1. The van der Waals surface area contributed by atoms with Crippen LogP contribution in [0.4, 0.5) is 5.69 Å². The van der Waals surface area contributed by atoms with Crippen LogP contribution in [0.3, 0.4) is 0 Å². The van der Waals surface area contributed by atoms with E-state index in [0.717, 1.165) is 11.1 Å². The number of hydrogen-bond acceptors (Lipinski definition) is 4. The SMILES string of the molecule is CSc1nc2cc(NC(=O)c3ccc(-c4ccccc4)cc3)ccc2nc1Cl. The van der Waals surface area contributed by atoms with Gasteiger partial charge in [0.25, 0.3) is 5.91 Å². The predicted octanol–water partition coefficient (Wildman–Crippen LogP) is 5.92. The molecule has 3 aromatic carbocycles. The summed E-state index contributed by atoms with van der Waals surface area (Å²) < 4.78 is 0. The molecule has 6 heteroatoms. The highest BCUT2D eigenvalue weighted by atomic mass is 35.5. The summed E-state index contributed by atoms with van der Waals surface area (Å²) in [5.74, 6) is -0.175. The van der Waals surface area contributed by atoms with E-state index in [1.54, 1.807) is 18.2 Å². The van der Waals surface area contributed by atoms with Crippen molar-refractivity contribution in [3.8, 4) is 11.1 Å². The molecule has 1 aromatic heterocycles. The van der Waals surface area contributed by atoms with E-state index in [9.17, 15) is 4.79 Å². The van der Waals surface area contributed by atoms with Crippen LogP contribution in [0.1, 0.15) is 10.4 Å². The van der Waals surface area contributed by atoms with Gasteiger partial charge in [-0.3, -0.25) is 4.79 Å². The minimum absolute atomic E-state index is 0.175. The Hall–Kier alpha value is -2.89. The van der Waals surface area contributed by atoms with E-state index < -0.39 is 0 Å². The number of fused-ring (bicyclic) bond motifs is 1. The summed E-state index contributed by atoms with van der Waals surface area (Å²) in [6, 6.07) is 23.0. The van der Waals surface area contributed by atoms with Crippen molar-refractivity contribution < 1.29 is 4.79 Å². The van der Waals surface area contributed by atoms with Gasteiger partial charge in [-0.25, -0.2) is 9.97 Å². The molecule has 4 nitrogen and oxygen atoms in total. The molecule has 0 unspecified atom stereocenters. The molecule has 0 aliphatic rings. The van der Waals surface area contributed by atoms with Gasteiger partial charge in [-0.05, 0) is 47.7 Å². The topological polar surface area (TPSA) is 54.9 Å². The van der Waals surface area contributed by atoms with E-state index in [1.165, 1.54) is 11.8 Å². The first-order valence-electron chi connectivity index (χ1n) is 8.62. The van der Waals surface area contributed by atoms with Crippen LogP contribution in [0.15, 0.2) is 77.8 Å². The summed E-state index contributed by atoms with van der Waals surface area (Å²) >= 11 is 7.53. The number of benzene rings is 3. The number of nitrogens with zero attached hydrogens (tertiary/aromatic N) is 2.